The number of rotatable bonds is 4. The van der Waals surface area contributed by atoms with Crippen molar-refractivity contribution in [3.63, 3.8) is 0 Å². The van der Waals surface area contributed by atoms with E-state index in [2.05, 4.69) is 15.2 Å². The van der Waals surface area contributed by atoms with Gasteiger partial charge in [-0.25, -0.2) is 4.68 Å². The van der Waals surface area contributed by atoms with Crippen molar-refractivity contribution in [2.45, 2.75) is 18.9 Å². The highest BCUT2D eigenvalue weighted by Gasteiger charge is 2.33. The molecule has 0 spiro atoms. The second-order valence-electron chi connectivity index (χ2n) is 4.56. The molecule has 0 amide bonds. The third-order valence-electron chi connectivity index (χ3n) is 3.17. The van der Waals surface area contributed by atoms with Crippen LogP contribution in [-0.2, 0) is 0 Å². The summed E-state index contributed by atoms with van der Waals surface area (Å²) in [6, 6.07) is 0.421. The van der Waals surface area contributed by atoms with Gasteiger partial charge in [0, 0.05) is 19.6 Å². The van der Waals surface area contributed by atoms with Crippen LogP contribution in [0.15, 0.2) is 6.20 Å². The smallest absolute Gasteiger partial charge is 0.171 e. The molecule has 2 aliphatic rings. The maximum Gasteiger partial charge on any atom is 0.171 e. The molecule has 1 aromatic heterocycles. The molecule has 0 bridgehead atoms. The molecule has 1 saturated heterocycles. The first-order valence-corrected chi connectivity index (χ1v) is 5.44. The third kappa shape index (κ3) is 1.79. The fourth-order valence-corrected chi connectivity index (χ4v) is 2.05. The zero-order chi connectivity index (χ0) is 10.3. The van der Waals surface area contributed by atoms with Crippen molar-refractivity contribution in [2.75, 3.05) is 19.6 Å². The molecule has 3 rings (SSSR count). The molecule has 0 atom stereocenters. The van der Waals surface area contributed by atoms with E-state index in [0.29, 0.717) is 11.7 Å². The maximum absolute atomic E-state index is 10.4. The summed E-state index contributed by atoms with van der Waals surface area (Å²) in [6.45, 7) is 3.35. The predicted octanol–water partition coefficient (Wildman–Crippen LogP) is 0.357. The van der Waals surface area contributed by atoms with E-state index in [0.717, 1.165) is 25.3 Å². The Morgan fingerprint density at radius 1 is 1.47 bits per heavy atom. The molecule has 0 N–H and O–H groups in total. The summed E-state index contributed by atoms with van der Waals surface area (Å²) in [7, 11) is 0. The first-order valence-electron chi connectivity index (χ1n) is 5.44. The van der Waals surface area contributed by atoms with E-state index in [1.54, 1.807) is 6.20 Å². The van der Waals surface area contributed by atoms with Gasteiger partial charge in [-0.3, -0.25) is 9.69 Å². The number of likely N-dealkylation sites (tertiary alicyclic amines) is 1. The van der Waals surface area contributed by atoms with Gasteiger partial charge in [-0.15, -0.1) is 5.10 Å². The Kier molecular flexibility index (Phi) is 2.05. The number of carbonyl (C=O) groups excluding carboxylic acids is 1. The zero-order valence-electron chi connectivity index (χ0n) is 8.54. The van der Waals surface area contributed by atoms with Crippen LogP contribution in [0, 0.1) is 5.92 Å². The van der Waals surface area contributed by atoms with Crippen LogP contribution in [0.3, 0.4) is 0 Å². The Labute approximate surface area is 88.1 Å². The Balaban J connectivity index is 1.54. The summed E-state index contributed by atoms with van der Waals surface area (Å²) in [4.78, 5) is 12.9. The summed E-state index contributed by atoms with van der Waals surface area (Å²) < 4.78 is 1.81. The Bertz CT molecular complexity index is 365. The third-order valence-corrected chi connectivity index (χ3v) is 3.17. The standard InChI is InChI=1S/C10H14N4O/c15-7-9-4-14(12-11-9)10-5-13(6-10)3-8-1-2-8/h4,7-8,10H,1-3,5-6H2. The number of hydrogen-bond donors (Lipinski definition) is 0. The Hall–Kier alpha value is -1.23. The van der Waals surface area contributed by atoms with Crippen molar-refractivity contribution in [1.29, 1.82) is 0 Å². The molecule has 80 valence electrons. The first kappa shape index (κ1) is 9.03. The van der Waals surface area contributed by atoms with Crippen LogP contribution in [0.25, 0.3) is 0 Å². The lowest BCUT2D eigenvalue weighted by Gasteiger charge is -2.38. The van der Waals surface area contributed by atoms with Gasteiger partial charge in [0.05, 0.1) is 12.2 Å². The highest BCUT2D eigenvalue weighted by atomic mass is 16.1. The number of hydrogen-bond acceptors (Lipinski definition) is 4. The van der Waals surface area contributed by atoms with Gasteiger partial charge in [-0.1, -0.05) is 5.21 Å². The van der Waals surface area contributed by atoms with Crippen LogP contribution in [0.5, 0.6) is 0 Å². The van der Waals surface area contributed by atoms with Gasteiger partial charge in [0.15, 0.2) is 6.29 Å². The van der Waals surface area contributed by atoms with Crippen molar-refractivity contribution in [1.82, 2.24) is 19.9 Å². The largest absolute Gasteiger partial charge is 0.299 e. The molecule has 0 unspecified atom stereocenters. The fourth-order valence-electron chi connectivity index (χ4n) is 2.05. The number of aromatic nitrogens is 3. The fraction of sp³-hybridized carbons (Fsp3) is 0.700. The van der Waals surface area contributed by atoms with Crippen LogP contribution in [-0.4, -0.2) is 45.8 Å². The van der Waals surface area contributed by atoms with E-state index in [4.69, 9.17) is 0 Å². The SMILES string of the molecule is O=Cc1cn(C2CN(CC3CC3)C2)nn1. The van der Waals surface area contributed by atoms with Gasteiger partial charge in [0.25, 0.3) is 0 Å². The molecule has 2 heterocycles. The molecule has 1 aliphatic heterocycles. The molecule has 5 nitrogen and oxygen atoms in total. The zero-order valence-corrected chi connectivity index (χ0v) is 8.54. The van der Waals surface area contributed by atoms with Gasteiger partial charge < -0.3 is 0 Å². The lowest BCUT2D eigenvalue weighted by Crippen LogP contribution is -2.48. The molecule has 0 radical (unpaired) electrons. The van der Waals surface area contributed by atoms with Crippen LogP contribution in [0.4, 0.5) is 0 Å². The average molecular weight is 206 g/mol. The molecule has 15 heavy (non-hydrogen) atoms. The average Bonchev–Trinajstić information content (AvgIpc) is 2.88. The molecule has 2 fully saturated rings. The minimum atomic E-state index is 0.421. The van der Waals surface area contributed by atoms with Gasteiger partial charge >= 0.3 is 0 Å². The maximum atomic E-state index is 10.4. The van der Waals surface area contributed by atoms with Crippen LogP contribution >= 0.6 is 0 Å². The molecular weight excluding hydrogens is 192 g/mol. The Morgan fingerprint density at radius 2 is 2.27 bits per heavy atom. The van der Waals surface area contributed by atoms with Gasteiger partial charge in [0.1, 0.15) is 5.69 Å². The molecular formula is C10H14N4O. The van der Waals surface area contributed by atoms with Gasteiger partial charge in [-0.05, 0) is 18.8 Å². The first-order chi connectivity index (χ1) is 7.35. The van der Waals surface area contributed by atoms with E-state index < -0.39 is 0 Å². The predicted molar refractivity (Wildman–Crippen MR) is 53.6 cm³/mol. The van der Waals surface area contributed by atoms with Crippen LogP contribution < -0.4 is 0 Å². The molecule has 0 aromatic carbocycles. The summed E-state index contributed by atoms with van der Waals surface area (Å²) in [5, 5.41) is 7.71. The summed E-state index contributed by atoms with van der Waals surface area (Å²) in [5.74, 6) is 0.951. The number of nitrogens with zero attached hydrogens (tertiary/aromatic N) is 4. The minimum absolute atomic E-state index is 0.421. The van der Waals surface area contributed by atoms with Gasteiger partial charge in [-0.2, -0.15) is 0 Å². The number of carbonyl (C=O) groups is 1. The lowest BCUT2D eigenvalue weighted by molar-refractivity contribution is 0.0922. The Morgan fingerprint density at radius 3 is 2.87 bits per heavy atom. The highest BCUT2D eigenvalue weighted by Crippen LogP contribution is 2.32. The molecule has 5 heteroatoms. The van der Waals surface area contributed by atoms with E-state index >= 15 is 0 Å². The molecule has 1 saturated carbocycles. The van der Waals surface area contributed by atoms with Gasteiger partial charge in [0.2, 0.25) is 0 Å². The van der Waals surface area contributed by atoms with Crippen LogP contribution in [0.1, 0.15) is 29.4 Å². The summed E-state index contributed by atoms with van der Waals surface area (Å²) >= 11 is 0. The van der Waals surface area contributed by atoms with E-state index in [1.165, 1.54) is 19.4 Å². The van der Waals surface area contributed by atoms with E-state index in [-0.39, 0.29) is 0 Å². The molecule has 1 aromatic rings. The van der Waals surface area contributed by atoms with Crippen molar-refractivity contribution in [3.05, 3.63) is 11.9 Å². The minimum Gasteiger partial charge on any atom is -0.299 e. The van der Waals surface area contributed by atoms with Crippen molar-refractivity contribution < 1.29 is 4.79 Å². The monoisotopic (exact) mass is 206 g/mol. The topological polar surface area (TPSA) is 51.0 Å². The normalized spacial score (nSPS) is 22.7. The summed E-state index contributed by atoms with van der Waals surface area (Å²) in [6.07, 6.45) is 5.27. The second kappa shape index (κ2) is 3.41. The van der Waals surface area contributed by atoms with E-state index in [9.17, 15) is 4.79 Å². The van der Waals surface area contributed by atoms with Crippen molar-refractivity contribution in [3.8, 4) is 0 Å². The highest BCUT2D eigenvalue weighted by molar-refractivity contribution is 5.70. The number of aldehydes is 1. The van der Waals surface area contributed by atoms with E-state index in [1.807, 2.05) is 4.68 Å². The van der Waals surface area contributed by atoms with Crippen molar-refractivity contribution in [2.24, 2.45) is 5.92 Å². The van der Waals surface area contributed by atoms with Crippen molar-refractivity contribution >= 4 is 6.29 Å². The molecule has 1 aliphatic carbocycles. The summed E-state index contributed by atoms with van der Waals surface area (Å²) in [5.41, 5.74) is 0.427. The van der Waals surface area contributed by atoms with Crippen LogP contribution in [0.2, 0.25) is 0 Å². The quantitative estimate of drug-likeness (QED) is 0.667. The second-order valence-corrected chi connectivity index (χ2v) is 4.56. The lowest BCUT2D eigenvalue weighted by atomic mass is 10.1.